The molecule has 0 amide bonds. The Bertz CT molecular complexity index is 563. The van der Waals surface area contributed by atoms with Gasteiger partial charge < -0.3 is 9.84 Å². The third-order valence-corrected chi connectivity index (χ3v) is 5.18. The van der Waals surface area contributed by atoms with E-state index in [1.807, 2.05) is 6.26 Å². The summed E-state index contributed by atoms with van der Waals surface area (Å²) < 4.78 is 32.4. The molecular weight excluding hydrogens is 322 g/mol. The van der Waals surface area contributed by atoms with Crippen LogP contribution in [0, 0.1) is 0 Å². The summed E-state index contributed by atoms with van der Waals surface area (Å²) in [6.07, 6.45) is 1.90. The van der Waals surface area contributed by atoms with E-state index in [0.717, 1.165) is 0 Å². The van der Waals surface area contributed by atoms with Gasteiger partial charge in [0.05, 0.1) is 13.7 Å². The molecule has 0 saturated heterocycles. The molecular formula is C12H18ClNO4S2. The smallest absolute Gasteiger partial charge is 0.244 e. The maximum Gasteiger partial charge on any atom is 0.244 e. The fourth-order valence-electron chi connectivity index (χ4n) is 1.78. The number of benzene rings is 1. The van der Waals surface area contributed by atoms with E-state index >= 15 is 0 Å². The topological polar surface area (TPSA) is 75.6 Å². The number of rotatable bonds is 7. The van der Waals surface area contributed by atoms with E-state index in [1.165, 1.54) is 19.2 Å². The van der Waals surface area contributed by atoms with Gasteiger partial charge in [-0.2, -0.15) is 11.8 Å². The predicted octanol–water partition coefficient (Wildman–Crippen LogP) is 1.87. The number of halogens is 1. The zero-order chi connectivity index (χ0) is 15.3. The van der Waals surface area contributed by atoms with Gasteiger partial charge in [0.1, 0.15) is 10.6 Å². The van der Waals surface area contributed by atoms with Crippen LogP contribution < -0.4 is 9.46 Å². The Hall–Kier alpha value is -0.470. The highest BCUT2D eigenvalue weighted by molar-refractivity contribution is 7.98. The van der Waals surface area contributed by atoms with Crippen LogP contribution in [0.15, 0.2) is 17.0 Å². The monoisotopic (exact) mass is 339 g/mol. The van der Waals surface area contributed by atoms with Crippen LogP contribution >= 0.6 is 23.4 Å². The van der Waals surface area contributed by atoms with Crippen molar-refractivity contribution in [3.8, 4) is 5.75 Å². The standard InChI is InChI=1S/C12H18ClNO4S2/c1-8(7-19-3)14-20(16,17)11-5-10(13)4-9(6-15)12(11)18-2/h4-5,8,14-15H,6-7H2,1-3H3. The van der Waals surface area contributed by atoms with Crippen LogP contribution in [-0.4, -0.2) is 38.7 Å². The van der Waals surface area contributed by atoms with Crippen molar-refractivity contribution < 1.29 is 18.3 Å². The first kappa shape index (κ1) is 17.6. The number of hydrogen-bond donors (Lipinski definition) is 2. The van der Waals surface area contributed by atoms with Gasteiger partial charge >= 0.3 is 0 Å². The molecule has 1 aromatic carbocycles. The van der Waals surface area contributed by atoms with Crippen molar-refractivity contribution in [2.75, 3.05) is 19.1 Å². The molecule has 0 saturated carbocycles. The van der Waals surface area contributed by atoms with Crippen LogP contribution in [0.2, 0.25) is 5.02 Å². The lowest BCUT2D eigenvalue weighted by atomic mass is 10.2. The SMILES string of the molecule is COc1c(CO)cc(Cl)cc1S(=O)(=O)NC(C)CSC. The third-order valence-electron chi connectivity index (χ3n) is 2.53. The molecule has 114 valence electrons. The van der Waals surface area contributed by atoms with Gasteiger partial charge in [-0.3, -0.25) is 0 Å². The zero-order valence-electron chi connectivity index (χ0n) is 11.5. The molecule has 0 aliphatic heterocycles. The summed E-state index contributed by atoms with van der Waals surface area (Å²) >= 11 is 7.44. The van der Waals surface area contributed by atoms with Crippen molar-refractivity contribution >= 4 is 33.4 Å². The highest BCUT2D eigenvalue weighted by Crippen LogP contribution is 2.31. The second-order valence-corrected chi connectivity index (χ2v) is 7.26. The predicted molar refractivity (Wildman–Crippen MR) is 82.1 cm³/mol. The summed E-state index contributed by atoms with van der Waals surface area (Å²) in [4.78, 5) is -0.0653. The number of aliphatic hydroxyl groups excluding tert-OH is 1. The lowest BCUT2D eigenvalue weighted by Gasteiger charge is -2.17. The van der Waals surface area contributed by atoms with E-state index in [1.54, 1.807) is 18.7 Å². The van der Waals surface area contributed by atoms with Gasteiger partial charge in [-0.25, -0.2) is 13.1 Å². The molecule has 0 aliphatic rings. The average molecular weight is 340 g/mol. The molecule has 5 nitrogen and oxygen atoms in total. The van der Waals surface area contributed by atoms with E-state index in [0.29, 0.717) is 11.3 Å². The van der Waals surface area contributed by atoms with Crippen LogP contribution in [0.1, 0.15) is 12.5 Å². The van der Waals surface area contributed by atoms with Crippen molar-refractivity contribution in [1.29, 1.82) is 0 Å². The Labute approximate surface area is 128 Å². The Morgan fingerprint density at radius 2 is 2.15 bits per heavy atom. The Morgan fingerprint density at radius 1 is 1.50 bits per heavy atom. The van der Waals surface area contributed by atoms with Crippen LogP contribution in [0.3, 0.4) is 0 Å². The molecule has 0 radical (unpaired) electrons. The molecule has 20 heavy (non-hydrogen) atoms. The fourth-order valence-corrected chi connectivity index (χ4v) is 4.26. The summed E-state index contributed by atoms with van der Waals surface area (Å²) in [6, 6.07) is 2.56. The minimum Gasteiger partial charge on any atom is -0.495 e. The molecule has 1 aromatic rings. The van der Waals surface area contributed by atoms with Crippen LogP contribution in [0.25, 0.3) is 0 Å². The summed E-state index contributed by atoms with van der Waals surface area (Å²) in [5, 5.41) is 9.50. The van der Waals surface area contributed by atoms with Crippen LogP contribution in [0.4, 0.5) is 0 Å². The van der Waals surface area contributed by atoms with Crippen LogP contribution in [-0.2, 0) is 16.6 Å². The van der Waals surface area contributed by atoms with Gasteiger partial charge in [0.25, 0.3) is 0 Å². The first-order valence-corrected chi connectivity index (χ1v) is 9.09. The number of methoxy groups -OCH3 is 1. The Morgan fingerprint density at radius 3 is 2.65 bits per heavy atom. The van der Waals surface area contributed by atoms with E-state index in [-0.39, 0.29) is 28.3 Å². The Kier molecular flexibility index (Phi) is 6.60. The van der Waals surface area contributed by atoms with E-state index in [4.69, 9.17) is 16.3 Å². The summed E-state index contributed by atoms with van der Waals surface area (Å²) in [6.45, 7) is 1.42. The van der Waals surface area contributed by atoms with Gasteiger partial charge in [-0.15, -0.1) is 0 Å². The van der Waals surface area contributed by atoms with Crippen molar-refractivity contribution in [1.82, 2.24) is 4.72 Å². The number of thioether (sulfide) groups is 1. The fraction of sp³-hybridized carbons (Fsp3) is 0.500. The maximum atomic E-state index is 12.4. The highest BCUT2D eigenvalue weighted by Gasteiger charge is 2.24. The second kappa shape index (κ2) is 7.51. The van der Waals surface area contributed by atoms with Gasteiger partial charge in [-0.05, 0) is 25.3 Å². The normalized spacial score (nSPS) is 13.2. The molecule has 0 bridgehead atoms. The van der Waals surface area contributed by atoms with Gasteiger partial charge in [0, 0.05) is 22.4 Å². The number of nitrogens with one attached hydrogen (secondary N) is 1. The minimum absolute atomic E-state index is 0.0653. The van der Waals surface area contributed by atoms with E-state index in [9.17, 15) is 13.5 Å². The molecule has 1 unspecified atom stereocenters. The van der Waals surface area contributed by atoms with Gasteiger partial charge in [0.15, 0.2) is 0 Å². The largest absolute Gasteiger partial charge is 0.495 e. The number of ether oxygens (including phenoxy) is 1. The minimum atomic E-state index is -3.76. The first-order valence-electron chi connectivity index (χ1n) is 5.84. The molecule has 0 aliphatic carbocycles. The summed E-state index contributed by atoms with van der Waals surface area (Å²) in [5.74, 6) is 0.760. The lowest BCUT2D eigenvalue weighted by molar-refractivity contribution is 0.272. The molecule has 0 aromatic heterocycles. The lowest BCUT2D eigenvalue weighted by Crippen LogP contribution is -2.34. The van der Waals surface area contributed by atoms with Crippen molar-refractivity contribution in [3.05, 3.63) is 22.7 Å². The van der Waals surface area contributed by atoms with Gasteiger partial charge in [-0.1, -0.05) is 11.6 Å². The summed E-state index contributed by atoms with van der Waals surface area (Å²) in [7, 11) is -2.41. The molecule has 1 rings (SSSR count). The maximum absolute atomic E-state index is 12.4. The van der Waals surface area contributed by atoms with Crippen molar-refractivity contribution in [2.45, 2.75) is 24.5 Å². The number of aliphatic hydroxyl groups is 1. The zero-order valence-corrected chi connectivity index (χ0v) is 13.9. The molecule has 0 spiro atoms. The third kappa shape index (κ3) is 4.26. The van der Waals surface area contributed by atoms with E-state index in [2.05, 4.69) is 4.72 Å². The van der Waals surface area contributed by atoms with Crippen molar-refractivity contribution in [3.63, 3.8) is 0 Å². The number of sulfonamides is 1. The van der Waals surface area contributed by atoms with E-state index < -0.39 is 10.0 Å². The molecule has 1 atom stereocenters. The second-order valence-electron chi connectivity index (χ2n) is 4.23. The quantitative estimate of drug-likeness (QED) is 0.793. The highest BCUT2D eigenvalue weighted by atomic mass is 35.5. The average Bonchev–Trinajstić information content (AvgIpc) is 2.37. The first-order chi connectivity index (χ1) is 9.35. The Balaban J connectivity index is 3.26. The van der Waals surface area contributed by atoms with Crippen LogP contribution in [0.5, 0.6) is 5.75 Å². The number of hydrogen-bond acceptors (Lipinski definition) is 5. The molecule has 2 N–H and O–H groups in total. The van der Waals surface area contributed by atoms with Gasteiger partial charge in [0.2, 0.25) is 10.0 Å². The molecule has 0 fully saturated rings. The molecule has 8 heteroatoms. The molecule has 0 heterocycles. The van der Waals surface area contributed by atoms with Crippen molar-refractivity contribution in [2.24, 2.45) is 0 Å². The summed E-state index contributed by atoms with van der Waals surface area (Å²) in [5.41, 5.74) is 0.331.